The zero-order chi connectivity index (χ0) is 13.4. The maximum Gasteiger partial charge on any atom is 0.255 e. The number of aromatic nitrogens is 1. The number of hydrogen-bond donors (Lipinski definition) is 1. The van der Waals surface area contributed by atoms with Gasteiger partial charge < -0.3 is 14.6 Å². The number of nitrogens with one attached hydrogen (secondary N) is 1. The molecule has 1 fully saturated rings. The zero-order valence-electron chi connectivity index (χ0n) is 11.3. The van der Waals surface area contributed by atoms with Crippen LogP contribution < -0.4 is 15.6 Å². The molecule has 4 heteroatoms. The molecule has 1 aliphatic rings. The van der Waals surface area contributed by atoms with Crippen molar-refractivity contribution in [2.75, 3.05) is 13.7 Å². The summed E-state index contributed by atoms with van der Waals surface area (Å²) in [6.07, 6.45) is 2.16. The Balaban J connectivity index is 2.22. The lowest BCUT2D eigenvalue weighted by Gasteiger charge is -2.14. The van der Waals surface area contributed by atoms with Gasteiger partial charge in [-0.25, -0.2) is 0 Å². The molecule has 0 saturated carbocycles. The summed E-state index contributed by atoms with van der Waals surface area (Å²) in [5.74, 6) is 0.816. The molecule has 1 aliphatic heterocycles. The topological polar surface area (TPSA) is 43.3 Å². The fourth-order valence-electron chi connectivity index (χ4n) is 2.81. The van der Waals surface area contributed by atoms with E-state index in [2.05, 4.69) is 5.32 Å². The van der Waals surface area contributed by atoms with Crippen LogP contribution in [0.1, 0.15) is 24.4 Å². The van der Waals surface area contributed by atoms with E-state index in [9.17, 15) is 4.79 Å². The summed E-state index contributed by atoms with van der Waals surface area (Å²) in [4.78, 5) is 12.4. The van der Waals surface area contributed by atoms with Crippen molar-refractivity contribution in [1.82, 2.24) is 9.88 Å². The minimum atomic E-state index is 0.0945. The maximum atomic E-state index is 12.4. The predicted octanol–water partition coefficient (Wildman–Crippen LogP) is 1.97. The van der Waals surface area contributed by atoms with Crippen LogP contribution in [0.3, 0.4) is 0 Å². The molecule has 0 bridgehead atoms. The Hall–Kier alpha value is -1.81. The molecule has 4 nitrogen and oxygen atoms in total. The number of hydrogen-bond acceptors (Lipinski definition) is 3. The molecular weight excluding hydrogens is 240 g/mol. The third kappa shape index (κ3) is 2.02. The van der Waals surface area contributed by atoms with Crippen molar-refractivity contribution in [3.8, 4) is 5.75 Å². The number of aryl methyl sites for hydroxylation is 1. The second kappa shape index (κ2) is 4.70. The first-order valence-corrected chi connectivity index (χ1v) is 6.62. The van der Waals surface area contributed by atoms with Gasteiger partial charge in [0.25, 0.3) is 5.56 Å². The van der Waals surface area contributed by atoms with Crippen LogP contribution >= 0.6 is 0 Å². The van der Waals surface area contributed by atoms with E-state index in [1.165, 1.54) is 0 Å². The van der Waals surface area contributed by atoms with Gasteiger partial charge in [0.1, 0.15) is 5.75 Å². The monoisotopic (exact) mass is 258 g/mol. The van der Waals surface area contributed by atoms with E-state index >= 15 is 0 Å². The van der Waals surface area contributed by atoms with Crippen LogP contribution in [0, 0.1) is 0 Å². The van der Waals surface area contributed by atoms with E-state index in [0.29, 0.717) is 0 Å². The van der Waals surface area contributed by atoms with Gasteiger partial charge in [0, 0.05) is 24.0 Å². The van der Waals surface area contributed by atoms with Crippen LogP contribution in [-0.4, -0.2) is 18.2 Å². The summed E-state index contributed by atoms with van der Waals surface area (Å²) in [5, 5.41) is 4.44. The molecule has 100 valence electrons. The quantitative estimate of drug-likeness (QED) is 0.895. The Kier molecular flexibility index (Phi) is 3.03. The zero-order valence-corrected chi connectivity index (χ0v) is 11.3. The van der Waals surface area contributed by atoms with Gasteiger partial charge in [0.15, 0.2) is 0 Å². The van der Waals surface area contributed by atoms with Crippen molar-refractivity contribution in [2.24, 2.45) is 7.05 Å². The summed E-state index contributed by atoms with van der Waals surface area (Å²) in [6, 6.07) is 7.99. The number of pyridine rings is 1. The highest BCUT2D eigenvalue weighted by atomic mass is 16.5. The Morgan fingerprint density at radius 1 is 1.37 bits per heavy atom. The molecule has 0 aliphatic carbocycles. The normalized spacial score (nSPS) is 18.9. The van der Waals surface area contributed by atoms with Gasteiger partial charge in [0.2, 0.25) is 0 Å². The lowest BCUT2D eigenvalue weighted by Crippen LogP contribution is -2.27. The van der Waals surface area contributed by atoms with Crippen molar-refractivity contribution in [1.29, 1.82) is 0 Å². The molecule has 0 spiro atoms. The number of nitrogens with zero attached hydrogens (tertiary/aromatic N) is 1. The first-order valence-electron chi connectivity index (χ1n) is 6.62. The molecule has 1 aromatic heterocycles. The molecular formula is C15H18N2O2. The highest BCUT2D eigenvalue weighted by Gasteiger charge is 2.20. The summed E-state index contributed by atoms with van der Waals surface area (Å²) < 4.78 is 6.98. The Bertz CT molecular complexity index is 670. The molecule has 2 heterocycles. The molecule has 3 rings (SSSR count). The minimum absolute atomic E-state index is 0.0945. The smallest absolute Gasteiger partial charge is 0.255 e. The number of methoxy groups -OCH3 is 1. The molecule has 0 amide bonds. The maximum absolute atomic E-state index is 12.4. The van der Waals surface area contributed by atoms with Crippen molar-refractivity contribution in [3.05, 3.63) is 40.2 Å². The van der Waals surface area contributed by atoms with Crippen LogP contribution in [0.25, 0.3) is 10.9 Å². The molecule has 1 saturated heterocycles. The van der Waals surface area contributed by atoms with Crippen molar-refractivity contribution in [2.45, 2.75) is 18.9 Å². The van der Waals surface area contributed by atoms with Gasteiger partial charge >= 0.3 is 0 Å². The molecule has 1 unspecified atom stereocenters. The summed E-state index contributed by atoms with van der Waals surface area (Å²) >= 11 is 0. The number of fused-ring (bicyclic) bond motifs is 1. The van der Waals surface area contributed by atoms with E-state index in [1.54, 1.807) is 11.7 Å². The highest BCUT2D eigenvalue weighted by molar-refractivity contribution is 5.81. The molecule has 1 N–H and O–H groups in total. The van der Waals surface area contributed by atoms with Gasteiger partial charge in [-0.15, -0.1) is 0 Å². The van der Waals surface area contributed by atoms with E-state index in [4.69, 9.17) is 4.74 Å². The van der Waals surface area contributed by atoms with Crippen LogP contribution in [0.2, 0.25) is 0 Å². The van der Waals surface area contributed by atoms with Gasteiger partial charge in [-0.3, -0.25) is 4.79 Å². The van der Waals surface area contributed by atoms with E-state index in [0.717, 1.165) is 41.6 Å². The standard InChI is InChI=1S/C15H18N2O2/c1-17-14-6-5-11(19-2)8-10(14)9-12(15(17)18)13-4-3-7-16-13/h5-6,8-9,13,16H,3-4,7H2,1-2H3. The molecule has 1 aromatic carbocycles. The fraction of sp³-hybridized carbons (Fsp3) is 0.400. The van der Waals surface area contributed by atoms with Crippen LogP contribution in [-0.2, 0) is 7.05 Å². The first-order chi connectivity index (χ1) is 9.20. The van der Waals surface area contributed by atoms with Gasteiger partial charge in [-0.2, -0.15) is 0 Å². The number of rotatable bonds is 2. The minimum Gasteiger partial charge on any atom is -0.497 e. The number of ether oxygens (including phenoxy) is 1. The van der Waals surface area contributed by atoms with Gasteiger partial charge in [-0.05, 0) is 43.7 Å². The van der Waals surface area contributed by atoms with E-state index in [-0.39, 0.29) is 11.6 Å². The first kappa shape index (κ1) is 12.2. The third-order valence-electron chi connectivity index (χ3n) is 3.89. The summed E-state index contributed by atoms with van der Waals surface area (Å²) in [6.45, 7) is 0.990. The second-order valence-electron chi connectivity index (χ2n) is 5.04. The fourth-order valence-corrected chi connectivity index (χ4v) is 2.81. The average Bonchev–Trinajstić information content (AvgIpc) is 2.96. The predicted molar refractivity (Wildman–Crippen MR) is 75.7 cm³/mol. The van der Waals surface area contributed by atoms with E-state index < -0.39 is 0 Å². The summed E-state index contributed by atoms with van der Waals surface area (Å²) in [7, 11) is 3.48. The largest absolute Gasteiger partial charge is 0.497 e. The van der Waals surface area contributed by atoms with Crippen LogP contribution in [0.15, 0.2) is 29.1 Å². The molecule has 0 radical (unpaired) electrons. The Morgan fingerprint density at radius 2 is 2.21 bits per heavy atom. The van der Waals surface area contributed by atoms with E-state index in [1.807, 2.05) is 31.3 Å². The highest BCUT2D eigenvalue weighted by Crippen LogP contribution is 2.25. The van der Waals surface area contributed by atoms with Gasteiger partial charge in [-0.1, -0.05) is 0 Å². The molecule has 19 heavy (non-hydrogen) atoms. The van der Waals surface area contributed by atoms with Crippen molar-refractivity contribution >= 4 is 10.9 Å². The number of benzene rings is 1. The van der Waals surface area contributed by atoms with Crippen LogP contribution in [0.4, 0.5) is 0 Å². The second-order valence-corrected chi connectivity index (χ2v) is 5.04. The third-order valence-corrected chi connectivity index (χ3v) is 3.89. The lowest BCUT2D eigenvalue weighted by molar-refractivity contribution is 0.415. The SMILES string of the molecule is COc1ccc2c(c1)cc(C1CCCN1)c(=O)n2C. The Labute approximate surface area is 112 Å². The molecule has 1 atom stereocenters. The van der Waals surface area contributed by atoms with Crippen LogP contribution in [0.5, 0.6) is 5.75 Å². The van der Waals surface area contributed by atoms with Crippen molar-refractivity contribution in [3.63, 3.8) is 0 Å². The summed E-state index contributed by atoms with van der Waals surface area (Å²) in [5.41, 5.74) is 1.89. The average molecular weight is 258 g/mol. The molecule has 2 aromatic rings. The lowest BCUT2D eigenvalue weighted by atomic mass is 10.0. The Morgan fingerprint density at radius 3 is 2.89 bits per heavy atom. The van der Waals surface area contributed by atoms with Gasteiger partial charge in [0.05, 0.1) is 12.6 Å². The van der Waals surface area contributed by atoms with Crippen molar-refractivity contribution < 1.29 is 4.74 Å².